The lowest BCUT2D eigenvalue weighted by Crippen LogP contribution is -2.43. The molecule has 0 spiro atoms. The van der Waals surface area contributed by atoms with Crippen molar-refractivity contribution < 1.29 is 23.9 Å². The van der Waals surface area contributed by atoms with Gasteiger partial charge in [-0.05, 0) is 30.5 Å². The highest BCUT2D eigenvalue weighted by atomic mass is 35.5. The van der Waals surface area contributed by atoms with E-state index in [1.54, 1.807) is 24.3 Å². The number of nitrogens with one attached hydrogen (secondary N) is 1. The lowest BCUT2D eigenvalue weighted by atomic mass is 10.1. The molecule has 0 aliphatic heterocycles. The molecule has 0 bridgehead atoms. The van der Waals surface area contributed by atoms with Gasteiger partial charge in [-0.2, -0.15) is 5.10 Å². The number of aliphatic hydroxyl groups is 1. The molecule has 1 aliphatic carbocycles. The van der Waals surface area contributed by atoms with E-state index in [-0.39, 0.29) is 54.5 Å². The fourth-order valence-corrected chi connectivity index (χ4v) is 3.93. The molecule has 1 aliphatic rings. The van der Waals surface area contributed by atoms with Crippen LogP contribution in [0.25, 0.3) is 10.9 Å². The second-order valence-corrected chi connectivity index (χ2v) is 8.53. The molecule has 0 saturated heterocycles. The average molecular weight is 488 g/mol. The predicted octanol–water partition coefficient (Wildman–Crippen LogP) is 1.73. The maximum atomic E-state index is 14.1. The summed E-state index contributed by atoms with van der Waals surface area (Å²) in [5.41, 5.74) is 6.76. The number of benzene rings is 2. The Morgan fingerprint density at radius 3 is 2.71 bits per heavy atom. The van der Waals surface area contributed by atoms with Crippen LogP contribution < -0.4 is 11.1 Å². The van der Waals surface area contributed by atoms with Gasteiger partial charge in [-0.1, -0.05) is 35.9 Å². The summed E-state index contributed by atoms with van der Waals surface area (Å²) in [5, 5.41) is 16.7. The monoisotopic (exact) mass is 487 g/mol. The van der Waals surface area contributed by atoms with E-state index >= 15 is 0 Å². The molecule has 2 aromatic carbocycles. The lowest BCUT2D eigenvalue weighted by Gasteiger charge is -2.22. The summed E-state index contributed by atoms with van der Waals surface area (Å²) in [4.78, 5) is 38.9. The van der Waals surface area contributed by atoms with Gasteiger partial charge in [0.2, 0.25) is 11.8 Å². The molecule has 4 rings (SSSR count). The van der Waals surface area contributed by atoms with Crippen LogP contribution in [0.3, 0.4) is 0 Å². The van der Waals surface area contributed by atoms with Gasteiger partial charge in [0.15, 0.2) is 5.69 Å². The summed E-state index contributed by atoms with van der Waals surface area (Å²) in [5.74, 6) is -2.14. The van der Waals surface area contributed by atoms with E-state index in [9.17, 15) is 23.9 Å². The summed E-state index contributed by atoms with van der Waals surface area (Å²) in [7, 11) is 0. The number of aromatic nitrogens is 2. The van der Waals surface area contributed by atoms with Gasteiger partial charge in [-0.25, -0.2) is 4.39 Å². The van der Waals surface area contributed by atoms with Crippen LogP contribution in [0.1, 0.15) is 34.5 Å². The first-order valence-electron chi connectivity index (χ1n) is 10.7. The topological polar surface area (TPSA) is 131 Å². The predicted molar refractivity (Wildman–Crippen MR) is 122 cm³/mol. The van der Waals surface area contributed by atoms with Gasteiger partial charge in [0.1, 0.15) is 12.4 Å². The van der Waals surface area contributed by atoms with Crippen LogP contribution in [0, 0.1) is 5.82 Å². The van der Waals surface area contributed by atoms with Gasteiger partial charge in [0.25, 0.3) is 5.91 Å². The Balaban J connectivity index is 1.48. The lowest BCUT2D eigenvalue weighted by molar-refractivity contribution is -0.137. The third-order valence-electron chi connectivity index (χ3n) is 5.65. The number of carbonyl (C=O) groups is 3. The van der Waals surface area contributed by atoms with Crippen LogP contribution in [0.5, 0.6) is 0 Å². The van der Waals surface area contributed by atoms with E-state index in [4.69, 9.17) is 17.3 Å². The molecule has 1 saturated carbocycles. The van der Waals surface area contributed by atoms with Crippen LogP contribution >= 0.6 is 11.6 Å². The van der Waals surface area contributed by atoms with Crippen molar-refractivity contribution in [3.8, 4) is 0 Å². The van der Waals surface area contributed by atoms with Gasteiger partial charge >= 0.3 is 0 Å². The molecule has 0 atom stereocenters. The Hall–Kier alpha value is -3.50. The summed E-state index contributed by atoms with van der Waals surface area (Å²) in [6, 6.07) is 9.35. The summed E-state index contributed by atoms with van der Waals surface area (Å²) in [6.45, 7) is -0.697. The standard InChI is InChI=1S/C23H23ClFN5O4/c24-17-3-1-2-14(21(17)25)9-27-19(32)10-29(15-5-6-15)20(33)11-30-18-8-13(12-31)4-7-16(18)22(28-30)23(26)34/h1-4,7-8,15,31H,5-6,9-12H2,(H2,26,34)(H,27,32). The summed E-state index contributed by atoms with van der Waals surface area (Å²) in [6.07, 6.45) is 1.53. The van der Waals surface area contributed by atoms with Gasteiger partial charge in [0, 0.05) is 23.5 Å². The number of aliphatic hydroxyl groups excluding tert-OH is 1. The van der Waals surface area contributed by atoms with Crippen molar-refractivity contribution in [2.75, 3.05) is 6.54 Å². The molecule has 4 N–H and O–H groups in total. The third kappa shape index (κ3) is 5.02. The molecule has 3 aromatic rings. The Bertz CT molecular complexity index is 1270. The Morgan fingerprint density at radius 1 is 1.26 bits per heavy atom. The molecule has 11 heteroatoms. The highest BCUT2D eigenvalue weighted by Gasteiger charge is 2.34. The third-order valence-corrected chi connectivity index (χ3v) is 5.94. The van der Waals surface area contributed by atoms with Gasteiger partial charge in [-0.15, -0.1) is 0 Å². The largest absolute Gasteiger partial charge is 0.392 e. The minimum absolute atomic E-state index is 0.0200. The number of primary amides is 1. The molecule has 1 fully saturated rings. The van der Waals surface area contributed by atoms with Crippen LogP contribution in [0.15, 0.2) is 36.4 Å². The summed E-state index contributed by atoms with van der Waals surface area (Å²) >= 11 is 5.77. The van der Waals surface area contributed by atoms with E-state index < -0.39 is 17.6 Å². The van der Waals surface area contributed by atoms with Gasteiger partial charge < -0.3 is 21.1 Å². The van der Waals surface area contributed by atoms with Crippen LogP contribution in [0.4, 0.5) is 4.39 Å². The highest BCUT2D eigenvalue weighted by molar-refractivity contribution is 6.30. The molecular weight excluding hydrogens is 465 g/mol. The zero-order chi connectivity index (χ0) is 24.4. The van der Waals surface area contributed by atoms with Crippen LogP contribution in [0.2, 0.25) is 5.02 Å². The van der Waals surface area contributed by atoms with Crippen molar-refractivity contribution >= 4 is 40.2 Å². The normalized spacial score (nSPS) is 13.1. The zero-order valence-corrected chi connectivity index (χ0v) is 18.9. The minimum Gasteiger partial charge on any atom is -0.392 e. The average Bonchev–Trinajstić information content (AvgIpc) is 3.59. The van der Waals surface area contributed by atoms with E-state index in [0.29, 0.717) is 16.5 Å². The Morgan fingerprint density at radius 2 is 2.03 bits per heavy atom. The molecule has 178 valence electrons. The van der Waals surface area contributed by atoms with Crippen LogP contribution in [-0.4, -0.2) is 50.1 Å². The van der Waals surface area contributed by atoms with E-state index in [0.717, 1.165) is 12.8 Å². The van der Waals surface area contributed by atoms with Crippen molar-refractivity contribution in [1.29, 1.82) is 0 Å². The second-order valence-electron chi connectivity index (χ2n) is 8.12. The summed E-state index contributed by atoms with van der Waals surface area (Å²) < 4.78 is 15.4. The van der Waals surface area contributed by atoms with Crippen LogP contribution in [-0.2, 0) is 29.3 Å². The van der Waals surface area contributed by atoms with Gasteiger partial charge in [-0.3, -0.25) is 19.1 Å². The van der Waals surface area contributed by atoms with E-state index in [1.807, 2.05) is 0 Å². The number of nitrogens with zero attached hydrogens (tertiary/aromatic N) is 3. The molecule has 9 nitrogen and oxygen atoms in total. The van der Waals surface area contributed by atoms with Crippen molar-refractivity contribution in [2.24, 2.45) is 5.73 Å². The molecular formula is C23H23ClFN5O4. The molecule has 0 unspecified atom stereocenters. The number of nitrogens with two attached hydrogens (primary N) is 1. The first-order chi connectivity index (χ1) is 16.3. The number of halogens is 2. The Kier molecular flexibility index (Phi) is 6.80. The number of amides is 3. The first-order valence-corrected chi connectivity index (χ1v) is 11.1. The molecule has 3 amide bonds. The first kappa shape index (κ1) is 23.7. The second kappa shape index (κ2) is 9.78. The van der Waals surface area contributed by atoms with E-state index in [2.05, 4.69) is 10.4 Å². The smallest absolute Gasteiger partial charge is 0.269 e. The van der Waals surface area contributed by atoms with Gasteiger partial charge in [0.05, 0.1) is 23.7 Å². The minimum atomic E-state index is -0.736. The number of hydrogen-bond donors (Lipinski definition) is 3. The Labute approximate surface area is 199 Å². The number of carbonyl (C=O) groups excluding carboxylic acids is 3. The van der Waals surface area contributed by atoms with E-state index in [1.165, 1.54) is 21.7 Å². The van der Waals surface area contributed by atoms with Crippen molar-refractivity contribution in [3.05, 3.63) is 64.1 Å². The SMILES string of the molecule is NC(=O)c1nn(CC(=O)N(CC(=O)NCc2cccc(Cl)c2F)C2CC2)c2cc(CO)ccc12. The quantitative estimate of drug-likeness (QED) is 0.423. The molecule has 1 aromatic heterocycles. The number of rotatable bonds is 9. The maximum Gasteiger partial charge on any atom is 0.269 e. The maximum absolute atomic E-state index is 14.1. The number of hydrogen-bond acceptors (Lipinski definition) is 5. The molecule has 1 heterocycles. The van der Waals surface area contributed by atoms with Crippen molar-refractivity contribution in [2.45, 2.75) is 38.6 Å². The zero-order valence-electron chi connectivity index (χ0n) is 18.1. The molecule has 0 radical (unpaired) electrons. The van der Waals surface area contributed by atoms with Crippen molar-refractivity contribution in [3.63, 3.8) is 0 Å². The fourth-order valence-electron chi connectivity index (χ4n) is 3.74. The highest BCUT2D eigenvalue weighted by Crippen LogP contribution is 2.28. The van der Waals surface area contributed by atoms with Crippen molar-refractivity contribution in [1.82, 2.24) is 20.0 Å². The molecule has 34 heavy (non-hydrogen) atoms. The fraction of sp³-hybridized carbons (Fsp3) is 0.304. The number of fused-ring (bicyclic) bond motifs is 1.